The van der Waals surface area contributed by atoms with Crippen LogP contribution in [0.25, 0.3) is 11.3 Å². The van der Waals surface area contributed by atoms with E-state index in [0.717, 1.165) is 21.7 Å². The van der Waals surface area contributed by atoms with E-state index in [4.69, 9.17) is 0 Å². The molecule has 0 amide bonds. The molecule has 0 aliphatic rings. The number of nitrogens with one attached hydrogen (secondary N) is 1. The second-order valence-corrected chi connectivity index (χ2v) is 5.61. The van der Waals surface area contributed by atoms with Crippen molar-refractivity contribution in [2.45, 2.75) is 6.10 Å². The van der Waals surface area contributed by atoms with Crippen LogP contribution < -0.4 is 0 Å². The highest BCUT2D eigenvalue weighted by atomic mass is 79.9. The molecule has 1 atom stereocenters. The predicted molar refractivity (Wildman–Crippen MR) is 77.9 cm³/mol. The second kappa shape index (κ2) is 5.24. The molecule has 1 aromatic carbocycles. The van der Waals surface area contributed by atoms with Gasteiger partial charge < -0.3 is 5.11 Å². The van der Waals surface area contributed by atoms with Crippen LogP contribution in [0, 0.1) is 0 Å². The van der Waals surface area contributed by atoms with E-state index in [-0.39, 0.29) is 0 Å². The molecule has 0 radical (unpaired) electrons. The maximum atomic E-state index is 10.5. The Kier molecular flexibility index (Phi) is 3.46. The number of rotatable bonds is 3. The largest absolute Gasteiger partial charge is 0.383 e. The highest BCUT2D eigenvalue weighted by Gasteiger charge is 2.21. The third-order valence-electron chi connectivity index (χ3n) is 2.82. The topological polar surface area (TPSA) is 61.8 Å². The van der Waals surface area contributed by atoms with E-state index < -0.39 is 6.10 Å². The third-order valence-corrected chi connectivity index (χ3v) is 4.60. The normalized spacial score (nSPS) is 12.5. The van der Waals surface area contributed by atoms with Crippen LogP contribution in [0.5, 0.6) is 0 Å². The minimum atomic E-state index is -0.740. The number of aromatic nitrogens is 3. The van der Waals surface area contributed by atoms with Crippen LogP contribution >= 0.6 is 27.3 Å². The van der Waals surface area contributed by atoms with Crippen LogP contribution in [0.2, 0.25) is 0 Å². The van der Waals surface area contributed by atoms with Gasteiger partial charge in [-0.05, 0) is 21.5 Å². The number of hydrogen-bond donors (Lipinski definition) is 2. The quantitative estimate of drug-likeness (QED) is 0.771. The van der Waals surface area contributed by atoms with Crippen molar-refractivity contribution in [3.8, 4) is 11.3 Å². The van der Waals surface area contributed by atoms with E-state index in [1.807, 2.05) is 30.3 Å². The van der Waals surface area contributed by atoms with E-state index >= 15 is 0 Å². The lowest BCUT2D eigenvalue weighted by atomic mass is 10.0. The first-order valence-electron chi connectivity index (χ1n) is 5.63. The van der Waals surface area contributed by atoms with Gasteiger partial charge in [-0.25, -0.2) is 4.98 Å². The number of hydrogen-bond acceptors (Lipinski definition) is 4. The molecule has 96 valence electrons. The second-order valence-electron chi connectivity index (χ2n) is 3.98. The lowest BCUT2D eigenvalue weighted by Gasteiger charge is -2.09. The van der Waals surface area contributed by atoms with Gasteiger partial charge in [-0.15, -0.1) is 11.3 Å². The van der Waals surface area contributed by atoms with Crippen molar-refractivity contribution in [2.75, 3.05) is 0 Å². The Morgan fingerprint density at radius 3 is 2.74 bits per heavy atom. The summed E-state index contributed by atoms with van der Waals surface area (Å²) in [6.07, 6.45) is 0.912. The molecular weight excluding hydrogens is 326 g/mol. The Morgan fingerprint density at radius 2 is 2.05 bits per heavy atom. The molecule has 0 spiro atoms. The van der Waals surface area contributed by atoms with Crippen LogP contribution in [0.15, 0.2) is 46.6 Å². The van der Waals surface area contributed by atoms with Crippen molar-refractivity contribution in [3.05, 3.63) is 57.1 Å². The summed E-state index contributed by atoms with van der Waals surface area (Å²) in [6.45, 7) is 0. The van der Waals surface area contributed by atoms with E-state index in [9.17, 15) is 5.11 Å². The molecule has 3 aromatic rings. The highest BCUT2D eigenvalue weighted by molar-refractivity contribution is 9.10. The van der Waals surface area contributed by atoms with Gasteiger partial charge in [-0.1, -0.05) is 30.3 Å². The van der Waals surface area contributed by atoms with Gasteiger partial charge in [0.05, 0.1) is 22.3 Å². The molecule has 19 heavy (non-hydrogen) atoms. The first-order chi connectivity index (χ1) is 9.27. The van der Waals surface area contributed by atoms with Crippen molar-refractivity contribution in [2.24, 2.45) is 0 Å². The van der Waals surface area contributed by atoms with Crippen LogP contribution in [-0.4, -0.2) is 20.3 Å². The van der Waals surface area contributed by atoms with Crippen molar-refractivity contribution < 1.29 is 5.11 Å². The van der Waals surface area contributed by atoms with Gasteiger partial charge in [0, 0.05) is 5.56 Å². The standard InChI is InChI=1S/C13H10BrN3OS/c14-13-12(19-7-15-13)11(18)9-6-16-17-10(9)8-4-2-1-3-5-8/h1-7,11,18H,(H,16,17). The number of aliphatic hydroxyl groups is 1. The molecular formula is C13H10BrN3OS. The number of benzene rings is 1. The van der Waals surface area contributed by atoms with E-state index in [1.165, 1.54) is 11.3 Å². The average Bonchev–Trinajstić information content (AvgIpc) is 3.07. The molecule has 2 N–H and O–H groups in total. The molecule has 2 heterocycles. The average molecular weight is 336 g/mol. The molecule has 0 aliphatic carbocycles. The number of H-pyrrole nitrogens is 1. The first-order valence-corrected chi connectivity index (χ1v) is 7.30. The Morgan fingerprint density at radius 1 is 1.26 bits per heavy atom. The van der Waals surface area contributed by atoms with Crippen molar-refractivity contribution in [3.63, 3.8) is 0 Å². The van der Waals surface area contributed by atoms with E-state index in [1.54, 1.807) is 11.7 Å². The molecule has 0 aliphatic heterocycles. The minimum absolute atomic E-state index is 0.671. The number of halogens is 1. The molecule has 4 nitrogen and oxygen atoms in total. The maximum Gasteiger partial charge on any atom is 0.123 e. The fourth-order valence-electron chi connectivity index (χ4n) is 1.90. The summed E-state index contributed by atoms with van der Waals surface area (Å²) in [5, 5.41) is 17.5. The van der Waals surface area contributed by atoms with E-state index in [2.05, 4.69) is 31.1 Å². The molecule has 3 rings (SSSR count). The number of aliphatic hydroxyl groups excluding tert-OH is 1. The van der Waals surface area contributed by atoms with Gasteiger partial charge in [0.1, 0.15) is 10.7 Å². The summed E-state index contributed by atoms with van der Waals surface area (Å²) < 4.78 is 0.671. The predicted octanol–water partition coefficient (Wildman–Crippen LogP) is 3.38. The minimum Gasteiger partial charge on any atom is -0.383 e. The molecule has 1 unspecified atom stereocenters. The van der Waals surface area contributed by atoms with Gasteiger partial charge in [-0.3, -0.25) is 5.10 Å². The molecule has 2 aromatic heterocycles. The lowest BCUT2D eigenvalue weighted by Crippen LogP contribution is -1.99. The summed E-state index contributed by atoms with van der Waals surface area (Å²) in [5.74, 6) is 0. The summed E-state index contributed by atoms with van der Waals surface area (Å²) in [4.78, 5) is 4.87. The van der Waals surface area contributed by atoms with Crippen LogP contribution in [0.3, 0.4) is 0 Å². The molecule has 0 saturated carbocycles. The summed E-state index contributed by atoms with van der Waals surface area (Å²) in [6, 6.07) is 9.82. The Hall–Kier alpha value is -1.50. The summed E-state index contributed by atoms with van der Waals surface area (Å²) in [5.41, 5.74) is 4.27. The third kappa shape index (κ3) is 2.34. The van der Waals surface area contributed by atoms with Gasteiger partial charge >= 0.3 is 0 Å². The van der Waals surface area contributed by atoms with Gasteiger partial charge in [0.2, 0.25) is 0 Å². The molecule has 6 heteroatoms. The van der Waals surface area contributed by atoms with E-state index in [0.29, 0.717) is 4.60 Å². The monoisotopic (exact) mass is 335 g/mol. The van der Waals surface area contributed by atoms with Crippen LogP contribution in [0.1, 0.15) is 16.5 Å². The van der Waals surface area contributed by atoms with Gasteiger partial charge in [0.15, 0.2) is 0 Å². The van der Waals surface area contributed by atoms with Crippen molar-refractivity contribution in [1.82, 2.24) is 15.2 Å². The summed E-state index contributed by atoms with van der Waals surface area (Å²) >= 11 is 4.75. The SMILES string of the molecule is OC(c1cn[nH]c1-c1ccccc1)c1scnc1Br. The highest BCUT2D eigenvalue weighted by Crippen LogP contribution is 2.35. The van der Waals surface area contributed by atoms with Crippen molar-refractivity contribution >= 4 is 27.3 Å². The number of nitrogens with zero attached hydrogens (tertiary/aromatic N) is 2. The van der Waals surface area contributed by atoms with Crippen LogP contribution in [0.4, 0.5) is 0 Å². The Bertz CT molecular complexity index is 680. The number of thiazole rings is 1. The molecule has 0 bridgehead atoms. The Balaban J connectivity index is 2.04. The zero-order chi connectivity index (χ0) is 13.2. The smallest absolute Gasteiger partial charge is 0.123 e. The van der Waals surface area contributed by atoms with Gasteiger partial charge in [0.25, 0.3) is 0 Å². The molecule has 0 fully saturated rings. The zero-order valence-corrected chi connectivity index (χ0v) is 12.1. The fraction of sp³-hybridized carbons (Fsp3) is 0.0769. The van der Waals surface area contributed by atoms with Crippen LogP contribution in [-0.2, 0) is 0 Å². The molecule has 0 saturated heterocycles. The summed E-state index contributed by atoms with van der Waals surface area (Å²) in [7, 11) is 0. The zero-order valence-electron chi connectivity index (χ0n) is 9.75. The lowest BCUT2D eigenvalue weighted by molar-refractivity contribution is 0.224. The van der Waals surface area contributed by atoms with Gasteiger partial charge in [-0.2, -0.15) is 5.10 Å². The first kappa shape index (κ1) is 12.5. The van der Waals surface area contributed by atoms with Crippen molar-refractivity contribution in [1.29, 1.82) is 0 Å². The number of aromatic amines is 1. The maximum absolute atomic E-state index is 10.5. The fourth-order valence-corrected chi connectivity index (χ4v) is 3.31. The Labute approximate surface area is 122 Å².